The molecule has 104 valence electrons. The molecule has 0 unspecified atom stereocenters. The molecule has 0 radical (unpaired) electrons. The van der Waals surface area contributed by atoms with Crippen LogP contribution in [0.3, 0.4) is 0 Å². The van der Waals surface area contributed by atoms with E-state index in [2.05, 4.69) is 5.32 Å². The lowest BCUT2D eigenvalue weighted by molar-refractivity contribution is 0.0952. The van der Waals surface area contributed by atoms with Crippen molar-refractivity contribution in [2.75, 3.05) is 18.9 Å². The Bertz CT molecular complexity index is 442. The number of ether oxygens (including phenoxy) is 1. The first kappa shape index (κ1) is 13.7. The molecular weight excluding hydrogens is 240 g/mol. The van der Waals surface area contributed by atoms with Crippen LogP contribution in [0, 0.1) is 5.92 Å². The minimum atomic E-state index is -0.0796. The summed E-state index contributed by atoms with van der Waals surface area (Å²) >= 11 is 0. The van der Waals surface area contributed by atoms with Gasteiger partial charge in [-0.2, -0.15) is 0 Å². The maximum absolute atomic E-state index is 12.0. The second-order valence-electron chi connectivity index (χ2n) is 5.07. The molecule has 1 aliphatic rings. The molecule has 0 aliphatic heterocycles. The van der Waals surface area contributed by atoms with E-state index < -0.39 is 0 Å². The van der Waals surface area contributed by atoms with Crippen molar-refractivity contribution in [3.8, 4) is 5.75 Å². The number of rotatable bonds is 7. The summed E-state index contributed by atoms with van der Waals surface area (Å²) in [6.07, 6.45) is 5.00. The van der Waals surface area contributed by atoms with Crippen molar-refractivity contribution in [3.63, 3.8) is 0 Å². The van der Waals surface area contributed by atoms with Crippen molar-refractivity contribution >= 4 is 11.6 Å². The van der Waals surface area contributed by atoms with E-state index in [-0.39, 0.29) is 5.91 Å². The molecule has 0 heterocycles. The first-order valence-electron chi connectivity index (χ1n) is 7.00. The smallest absolute Gasteiger partial charge is 0.251 e. The van der Waals surface area contributed by atoms with E-state index in [4.69, 9.17) is 10.5 Å². The SMILES string of the molecule is CCOc1cc(N)cc(C(=O)NCCCC2CC2)c1. The second kappa shape index (κ2) is 6.45. The normalized spacial score (nSPS) is 14.2. The number of nitrogens with two attached hydrogens (primary N) is 1. The van der Waals surface area contributed by atoms with Gasteiger partial charge in [-0.15, -0.1) is 0 Å². The summed E-state index contributed by atoms with van der Waals surface area (Å²) in [4.78, 5) is 12.0. The van der Waals surface area contributed by atoms with E-state index in [1.807, 2.05) is 6.92 Å². The summed E-state index contributed by atoms with van der Waals surface area (Å²) in [5.41, 5.74) is 6.89. The highest BCUT2D eigenvalue weighted by Crippen LogP contribution is 2.33. The molecule has 1 aromatic carbocycles. The van der Waals surface area contributed by atoms with Crippen molar-refractivity contribution in [2.45, 2.75) is 32.6 Å². The number of hydrogen-bond donors (Lipinski definition) is 2. The van der Waals surface area contributed by atoms with Gasteiger partial charge in [0.2, 0.25) is 0 Å². The third-order valence-electron chi connectivity index (χ3n) is 3.27. The van der Waals surface area contributed by atoms with Crippen LogP contribution in [0.4, 0.5) is 5.69 Å². The fourth-order valence-electron chi connectivity index (χ4n) is 2.10. The van der Waals surface area contributed by atoms with Gasteiger partial charge in [-0.3, -0.25) is 4.79 Å². The number of nitrogen functional groups attached to an aromatic ring is 1. The highest BCUT2D eigenvalue weighted by molar-refractivity contribution is 5.95. The van der Waals surface area contributed by atoms with Gasteiger partial charge in [0.25, 0.3) is 5.91 Å². The van der Waals surface area contributed by atoms with E-state index in [1.54, 1.807) is 18.2 Å². The number of benzene rings is 1. The molecule has 0 atom stereocenters. The minimum absolute atomic E-state index is 0.0796. The molecular formula is C15H22N2O2. The maximum atomic E-state index is 12.0. The highest BCUT2D eigenvalue weighted by Gasteiger charge is 2.20. The average Bonchev–Trinajstić information content (AvgIpc) is 3.18. The van der Waals surface area contributed by atoms with Gasteiger partial charge in [0.15, 0.2) is 0 Å². The summed E-state index contributed by atoms with van der Waals surface area (Å²) in [6.45, 7) is 3.20. The zero-order valence-electron chi connectivity index (χ0n) is 11.4. The Morgan fingerprint density at radius 2 is 2.21 bits per heavy atom. The van der Waals surface area contributed by atoms with Crippen molar-refractivity contribution in [3.05, 3.63) is 23.8 Å². The van der Waals surface area contributed by atoms with Gasteiger partial charge < -0.3 is 15.8 Å². The largest absolute Gasteiger partial charge is 0.494 e. The lowest BCUT2D eigenvalue weighted by atomic mass is 10.1. The first-order chi connectivity index (χ1) is 9.19. The molecule has 1 aliphatic carbocycles. The minimum Gasteiger partial charge on any atom is -0.494 e. The van der Waals surface area contributed by atoms with Crippen LogP contribution < -0.4 is 15.8 Å². The topological polar surface area (TPSA) is 64.3 Å². The fourth-order valence-corrected chi connectivity index (χ4v) is 2.10. The van der Waals surface area contributed by atoms with Crippen molar-refractivity contribution < 1.29 is 9.53 Å². The molecule has 0 aromatic heterocycles. The molecule has 4 nitrogen and oxygen atoms in total. The van der Waals surface area contributed by atoms with Crippen LogP contribution >= 0.6 is 0 Å². The van der Waals surface area contributed by atoms with E-state index in [0.29, 0.717) is 23.6 Å². The number of anilines is 1. The van der Waals surface area contributed by atoms with Gasteiger partial charge in [-0.1, -0.05) is 12.8 Å². The molecule has 3 N–H and O–H groups in total. The van der Waals surface area contributed by atoms with E-state index >= 15 is 0 Å². The van der Waals surface area contributed by atoms with Crippen LogP contribution in [-0.2, 0) is 0 Å². The van der Waals surface area contributed by atoms with E-state index in [1.165, 1.54) is 19.3 Å². The summed E-state index contributed by atoms with van der Waals surface area (Å²) in [5, 5.41) is 2.93. The van der Waals surface area contributed by atoms with Crippen molar-refractivity contribution in [1.29, 1.82) is 0 Å². The Balaban J connectivity index is 1.85. The molecule has 1 amide bonds. The predicted molar refractivity (Wildman–Crippen MR) is 76.3 cm³/mol. The fraction of sp³-hybridized carbons (Fsp3) is 0.533. The average molecular weight is 262 g/mol. The van der Waals surface area contributed by atoms with Gasteiger partial charge in [0.05, 0.1) is 6.61 Å². The Kier molecular flexibility index (Phi) is 4.66. The Morgan fingerprint density at radius 1 is 1.42 bits per heavy atom. The van der Waals surface area contributed by atoms with E-state index in [9.17, 15) is 4.79 Å². The highest BCUT2D eigenvalue weighted by atomic mass is 16.5. The van der Waals surface area contributed by atoms with Crippen LogP contribution in [0.2, 0.25) is 0 Å². The standard InChI is InChI=1S/C15H22N2O2/c1-2-19-14-9-12(8-13(16)10-14)15(18)17-7-3-4-11-5-6-11/h8-11H,2-7,16H2,1H3,(H,17,18). The first-order valence-corrected chi connectivity index (χ1v) is 7.00. The zero-order valence-corrected chi connectivity index (χ0v) is 11.4. The molecule has 19 heavy (non-hydrogen) atoms. The van der Waals surface area contributed by atoms with Gasteiger partial charge in [-0.05, 0) is 37.8 Å². The van der Waals surface area contributed by atoms with Gasteiger partial charge in [0.1, 0.15) is 5.75 Å². The van der Waals surface area contributed by atoms with Gasteiger partial charge >= 0.3 is 0 Å². The van der Waals surface area contributed by atoms with Crippen molar-refractivity contribution in [2.24, 2.45) is 5.92 Å². The third-order valence-corrected chi connectivity index (χ3v) is 3.27. The van der Waals surface area contributed by atoms with Gasteiger partial charge in [-0.25, -0.2) is 0 Å². The molecule has 0 spiro atoms. The Hall–Kier alpha value is -1.71. The number of carbonyl (C=O) groups excluding carboxylic acids is 1. The number of amides is 1. The van der Waals surface area contributed by atoms with Crippen LogP contribution in [0.15, 0.2) is 18.2 Å². The summed E-state index contributed by atoms with van der Waals surface area (Å²) in [6, 6.07) is 5.14. The van der Waals surface area contributed by atoms with Crippen LogP contribution in [0.25, 0.3) is 0 Å². The van der Waals surface area contributed by atoms with Crippen LogP contribution in [-0.4, -0.2) is 19.1 Å². The molecule has 1 saturated carbocycles. The van der Waals surface area contributed by atoms with Crippen LogP contribution in [0.5, 0.6) is 5.75 Å². The lowest BCUT2D eigenvalue weighted by Crippen LogP contribution is -2.24. The second-order valence-corrected chi connectivity index (χ2v) is 5.07. The quantitative estimate of drug-likeness (QED) is 0.586. The molecule has 2 rings (SSSR count). The summed E-state index contributed by atoms with van der Waals surface area (Å²) < 4.78 is 5.38. The molecule has 1 fully saturated rings. The molecule has 0 saturated heterocycles. The lowest BCUT2D eigenvalue weighted by Gasteiger charge is -2.09. The maximum Gasteiger partial charge on any atom is 0.251 e. The monoisotopic (exact) mass is 262 g/mol. The molecule has 4 heteroatoms. The number of hydrogen-bond acceptors (Lipinski definition) is 3. The summed E-state index contributed by atoms with van der Waals surface area (Å²) in [5.74, 6) is 1.48. The molecule has 0 bridgehead atoms. The predicted octanol–water partition coefficient (Wildman–Crippen LogP) is 2.59. The zero-order chi connectivity index (χ0) is 13.7. The molecule has 1 aromatic rings. The number of nitrogens with one attached hydrogen (secondary N) is 1. The van der Waals surface area contributed by atoms with E-state index in [0.717, 1.165) is 18.9 Å². The number of carbonyl (C=O) groups is 1. The van der Waals surface area contributed by atoms with Crippen LogP contribution in [0.1, 0.15) is 43.0 Å². The Morgan fingerprint density at radius 3 is 2.89 bits per heavy atom. The summed E-state index contributed by atoms with van der Waals surface area (Å²) in [7, 11) is 0. The van der Waals surface area contributed by atoms with Gasteiger partial charge in [0, 0.05) is 23.9 Å². The van der Waals surface area contributed by atoms with Crippen molar-refractivity contribution in [1.82, 2.24) is 5.32 Å². The Labute approximate surface area is 114 Å². The third kappa shape index (κ3) is 4.47.